The van der Waals surface area contributed by atoms with Crippen molar-refractivity contribution in [3.8, 4) is 0 Å². The van der Waals surface area contributed by atoms with Crippen LogP contribution in [0.15, 0.2) is 28.7 Å². The van der Waals surface area contributed by atoms with E-state index in [2.05, 4.69) is 17.3 Å². The van der Waals surface area contributed by atoms with Gasteiger partial charge < -0.3 is 9.73 Å². The Balaban J connectivity index is 1.51. The molecule has 4 rings (SSSR count). The topological polar surface area (TPSA) is 62.6 Å². The van der Waals surface area contributed by atoms with Gasteiger partial charge in [0.1, 0.15) is 5.58 Å². The summed E-state index contributed by atoms with van der Waals surface area (Å²) in [7, 11) is 2.06. The first-order valence-electron chi connectivity index (χ1n) is 9.65. The van der Waals surface area contributed by atoms with Crippen molar-refractivity contribution in [2.75, 3.05) is 18.9 Å². The Morgan fingerprint density at radius 3 is 2.77 bits per heavy atom. The Hall–Kier alpha value is -2.14. The molecule has 26 heavy (non-hydrogen) atoms. The number of anilines is 1. The van der Waals surface area contributed by atoms with E-state index < -0.39 is 0 Å². The molecule has 2 heterocycles. The molecule has 1 aliphatic heterocycles. The number of fused-ring (bicyclic) bond motifs is 1. The Kier molecular flexibility index (Phi) is 4.81. The SMILES string of the molecule is CN1CCC(C2CCCCC2)C1C(=O)Nc1ccc2oc(C=O)cc2c1. The zero-order chi connectivity index (χ0) is 18.1. The summed E-state index contributed by atoms with van der Waals surface area (Å²) in [4.78, 5) is 26.1. The van der Waals surface area contributed by atoms with Gasteiger partial charge in [-0.05, 0) is 56.1 Å². The summed E-state index contributed by atoms with van der Waals surface area (Å²) in [6.45, 7) is 0.989. The molecule has 1 aromatic carbocycles. The molecule has 1 saturated carbocycles. The highest BCUT2D eigenvalue weighted by molar-refractivity contribution is 5.97. The third-order valence-electron chi connectivity index (χ3n) is 6.14. The number of hydrogen-bond donors (Lipinski definition) is 1. The first-order valence-corrected chi connectivity index (χ1v) is 9.65. The number of nitrogens with one attached hydrogen (secondary N) is 1. The zero-order valence-electron chi connectivity index (χ0n) is 15.2. The number of benzene rings is 1. The standard InChI is InChI=1S/C21H26N2O3/c1-23-10-9-18(14-5-3-2-4-6-14)20(23)21(25)22-16-7-8-19-15(11-16)12-17(13-24)26-19/h7-8,11-14,18,20H,2-6,9-10H2,1H3,(H,22,25). The summed E-state index contributed by atoms with van der Waals surface area (Å²) in [5.74, 6) is 1.52. The number of furan rings is 1. The summed E-state index contributed by atoms with van der Waals surface area (Å²) in [5, 5.41) is 3.92. The molecule has 138 valence electrons. The maximum Gasteiger partial charge on any atom is 0.242 e. The molecule has 1 N–H and O–H groups in total. The molecular formula is C21H26N2O3. The Labute approximate surface area is 153 Å². The van der Waals surface area contributed by atoms with E-state index in [0.29, 0.717) is 29.5 Å². The van der Waals surface area contributed by atoms with Gasteiger partial charge >= 0.3 is 0 Å². The van der Waals surface area contributed by atoms with Gasteiger partial charge in [0, 0.05) is 11.1 Å². The molecule has 2 unspecified atom stereocenters. The van der Waals surface area contributed by atoms with Crippen LogP contribution in [0.25, 0.3) is 11.0 Å². The second kappa shape index (κ2) is 7.23. The van der Waals surface area contributed by atoms with Crippen LogP contribution >= 0.6 is 0 Å². The summed E-state index contributed by atoms with van der Waals surface area (Å²) >= 11 is 0. The third kappa shape index (κ3) is 3.28. The lowest BCUT2D eigenvalue weighted by Crippen LogP contribution is -2.43. The average Bonchev–Trinajstić information content (AvgIpc) is 3.25. The highest BCUT2D eigenvalue weighted by Crippen LogP contribution is 2.38. The van der Waals surface area contributed by atoms with E-state index in [1.807, 2.05) is 12.1 Å². The van der Waals surface area contributed by atoms with Crippen LogP contribution in [0.1, 0.15) is 49.1 Å². The van der Waals surface area contributed by atoms with E-state index in [1.165, 1.54) is 32.1 Å². The predicted molar refractivity (Wildman–Crippen MR) is 101 cm³/mol. The predicted octanol–water partition coefficient (Wildman–Crippen LogP) is 4.08. The van der Waals surface area contributed by atoms with E-state index in [0.717, 1.165) is 24.0 Å². The number of rotatable bonds is 4. The van der Waals surface area contributed by atoms with Crippen molar-refractivity contribution >= 4 is 28.8 Å². The molecule has 2 fully saturated rings. The number of aldehydes is 1. The lowest BCUT2D eigenvalue weighted by molar-refractivity contribution is -0.121. The molecule has 0 spiro atoms. The molecule has 5 nitrogen and oxygen atoms in total. The van der Waals surface area contributed by atoms with Gasteiger partial charge in [-0.1, -0.05) is 32.1 Å². The van der Waals surface area contributed by atoms with E-state index in [1.54, 1.807) is 12.1 Å². The molecule has 1 saturated heterocycles. The summed E-state index contributed by atoms with van der Waals surface area (Å²) in [6.07, 6.45) is 8.27. The second-order valence-corrected chi connectivity index (χ2v) is 7.78. The molecular weight excluding hydrogens is 328 g/mol. The largest absolute Gasteiger partial charge is 0.453 e. The number of hydrogen-bond acceptors (Lipinski definition) is 4. The molecule has 1 aliphatic carbocycles. The summed E-state index contributed by atoms with van der Waals surface area (Å²) < 4.78 is 5.40. The second-order valence-electron chi connectivity index (χ2n) is 7.78. The van der Waals surface area contributed by atoms with Crippen LogP contribution in [0.5, 0.6) is 0 Å². The molecule has 1 aromatic heterocycles. The summed E-state index contributed by atoms with van der Waals surface area (Å²) in [5.41, 5.74) is 1.41. The van der Waals surface area contributed by atoms with Gasteiger partial charge in [-0.2, -0.15) is 0 Å². The van der Waals surface area contributed by atoms with Crippen molar-refractivity contribution in [3.63, 3.8) is 0 Å². The fraction of sp³-hybridized carbons (Fsp3) is 0.524. The van der Waals surface area contributed by atoms with Crippen LogP contribution in [-0.2, 0) is 4.79 Å². The van der Waals surface area contributed by atoms with Crippen LogP contribution in [-0.4, -0.2) is 36.7 Å². The quantitative estimate of drug-likeness (QED) is 0.840. The fourth-order valence-corrected chi connectivity index (χ4v) is 4.84. The summed E-state index contributed by atoms with van der Waals surface area (Å²) in [6, 6.07) is 7.15. The minimum Gasteiger partial charge on any atom is -0.453 e. The van der Waals surface area contributed by atoms with Crippen molar-refractivity contribution in [2.45, 2.75) is 44.6 Å². The van der Waals surface area contributed by atoms with Crippen molar-refractivity contribution in [2.24, 2.45) is 11.8 Å². The lowest BCUT2D eigenvalue weighted by atomic mass is 9.76. The van der Waals surface area contributed by atoms with E-state index in [9.17, 15) is 9.59 Å². The van der Waals surface area contributed by atoms with Gasteiger partial charge in [0.25, 0.3) is 0 Å². The third-order valence-corrected chi connectivity index (χ3v) is 6.14. The smallest absolute Gasteiger partial charge is 0.242 e. The minimum absolute atomic E-state index is 0.0521. The number of carbonyl (C=O) groups excluding carboxylic acids is 2. The van der Waals surface area contributed by atoms with Crippen LogP contribution in [0.4, 0.5) is 5.69 Å². The highest BCUT2D eigenvalue weighted by atomic mass is 16.3. The average molecular weight is 354 g/mol. The number of likely N-dealkylation sites (tertiary alicyclic amines) is 1. The van der Waals surface area contributed by atoms with Gasteiger partial charge in [0.05, 0.1) is 6.04 Å². The van der Waals surface area contributed by atoms with Crippen LogP contribution in [0.2, 0.25) is 0 Å². The van der Waals surface area contributed by atoms with E-state index in [4.69, 9.17) is 4.42 Å². The van der Waals surface area contributed by atoms with Gasteiger partial charge in [0.2, 0.25) is 5.91 Å². The van der Waals surface area contributed by atoms with Crippen molar-refractivity contribution in [1.82, 2.24) is 4.90 Å². The fourth-order valence-electron chi connectivity index (χ4n) is 4.84. The van der Waals surface area contributed by atoms with Crippen LogP contribution in [0, 0.1) is 11.8 Å². The van der Waals surface area contributed by atoms with Gasteiger partial charge in [-0.15, -0.1) is 0 Å². The van der Waals surface area contributed by atoms with Crippen molar-refractivity contribution < 1.29 is 14.0 Å². The van der Waals surface area contributed by atoms with Gasteiger partial charge in [-0.25, -0.2) is 0 Å². The maximum absolute atomic E-state index is 13.0. The van der Waals surface area contributed by atoms with Crippen LogP contribution < -0.4 is 5.32 Å². The van der Waals surface area contributed by atoms with Crippen molar-refractivity contribution in [1.29, 1.82) is 0 Å². The first kappa shape index (κ1) is 17.3. The van der Waals surface area contributed by atoms with E-state index >= 15 is 0 Å². The van der Waals surface area contributed by atoms with E-state index in [-0.39, 0.29) is 11.9 Å². The Morgan fingerprint density at radius 2 is 2.00 bits per heavy atom. The number of amides is 1. The molecule has 0 bridgehead atoms. The van der Waals surface area contributed by atoms with Crippen LogP contribution in [0.3, 0.4) is 0 Å². The molecule has 5 heteroatoms. The highest BCUT2D eigenvalue weighted by Gasteiger charge is 2.41. The number of carbonyl (C=O) groups is 2. The number of nitrogens with zero attached hydrogens (tertiary/aromatic N) is 1. The zero-order valence-corrected chi connectivity index (χ0v) is 15.2. The number of likely N-dealkylation sites (N-methyl/N-ethyl adjacent to an activating group) is 1. The first-order chi connectivity index (χ1) is 12.7. The maximum atomic E-state index is 13.0. The molecule has 2 aromatic rings. The molecule has 2 aliphatic rings. The van der Waals surface area contributed by atoms with Crippen molar-refractivity contribution in [3.05, 3.63) is 30.0 Å². The molecule has 1 amide bonds. The Bertz CT molecular complexity index is 807. The molecule has 0 radical (unpaired) electrons. The molecule has 2 atom stereocenters. The normalized spacial score (nSPS) is 24.8. The van der Waals surface area contributed by atoms with Gasteiger partial charge in [0.15, 0.2) is 12.0 Å². The van der Waals surface area contributed by atoms with Gasteiger partial charge in [-0.3, -0.25) is 14.5 Å². The lowest BCUT2D eigenvalue weighted by Gasteiger charge is -2.32. The Morgan fingerprint density at radius 1 is 1.19 bits per heavy atom. The monoisotopic (exact) mass is 354 g/mol. The minimum atomic E-state index is -0.0521.